The van der Waals surface area contributed by atoms with Crippen molar-refractivity contribution in [3.63, 3.8) is 0 Å². The predicted molar refractivity (Wildman–Crippen MR) is 123 cm³/mol. The number of benzene rings is 2. The number of nitrogens with zero attached hydrogens (tertiary/aromatic N) is 2. The second kappa shape index (κ2) is 9.50. The number of esters is 1. The zero-order valence-electron chi connectivity index (χ0n) is 17.4. The Kier molecular flexibility index (Phi) is 6.53. The van der Waals surface area contributed by atoms with Gasteiger partial charge in [0.1, 0.15) is 11.4 Å². The summed E-state index contributed by atoms with van der Waals surface area (Å²) >= 11 is 7.56. The van der Waals surface area contributed by atoms with Crippen LogP contribution in [0.1, 0.15) is 40.9 Å². The number of carbonyl (C=O) groups excluding carboxylic acids is 2. The fourth-order valence-electron chi connectivity index (χ4n) is 3.03. The standard InChI is InChI=1S/C23H20ClN3O4S/c1-13(2)14-7-9-15(10-8-14)22-26-18(31-27-22)12-30-19(28)11-25-23(29)21-20(24)16-5-3-4-6-17(16)32-21/h3-10,13H,11-12H2,1-2H3,(H,25,29). The molecular formula is C23H20ClN3O4S. The third-order valence-corrected chi connectivity index (χ3v) is 6.47. The van der Waals surface area contributed by atoms with Gasteiger partial charge in [-0.1, -0.05) is 73.1 Å². The van der Waals surface area contributed by atoms with Crippen LogP contribution in [0.15, 0.2) is 53.1 Å². The van der Waals surface area contributed by atoms with E-state index in [4.69, 9.17) is 20.9 Å². The van der Waals surface area contributed by atoms with Crippen molar-refractivity contribution in [2.45, 2.75) is 26.4 Å². The highest BCUT2D eigenvalue weighted by Gasteiger charge is 2.18. The minimum absolute atomic E-state index is 0.167. The molecule has 7 nitrogen and oxygen atoms in total. The number of hydrogen-bond acceptors (Lipinski definition) is 7. The van der Waals surface area contributed by atoms with Gasteiger partial charge in [0.15, 0.2) is 6.61 Å². The van der Waals surface area contributed by atoms with Gasteiger partial charge in [-0.25, -0.2) is 0 Å². The van der Waals surface area contributed by atoms with Crippen LogP contribution in [0, 0.1) is 0 Å². The van der Waals surface area contributed by atoms with Crippen LogP contribution in [0.2, 0.25) is 5.02 Å². The average Bonchev–Trinajstić information content (AvgIpc) is 3.41. The van der Waals surface area contributed by atoms with Crippen LogP contribution in [-0.2, 0) is 16.1 Å². The Labute approximate surface area is 193 Å². The molecule has 0 fully saturated rings. The molecule has 1 amide bonds. The number of amides is 1. The van der Waals surface area contributed by atoms with Crippen molar-refractivity contribution < 1.29 is 18.8 Å². The lowest BCUT2D eigenvalue weighted by atomic mass is 10.0. The Hall–Kier alpha value is -3.23. The van der Waals surface area contributed by atoms with E-state index in [2.05, 4.69) is 29.3 Å². The van der Waals surface area contributed by atoms with E-state index in [9.17, 15) is 9.59 Å². The highest BCUT2D eigenvalue weighted by atomic mass is 35.5. The molecule has 2 heterocycles. The molecule has 1 N–H and O–H groups in total. The Bertz CT molecular complexity index is 1260. The lowest BCUT2D eigenvalue weighted by Crippen LogP contribution is -2.30. The van der Waals surface area contributed by atoms with E-state index in [-0.39, 0.29) is 19.0 Å². The first-order valence-corrected chi connectivity index (χ1v) is 11.2. The summed E-state index contributed by atoms with van der Waals surface area (Å²) < 4.78 is 11.2. The monoisotopic (exact) mass is 469 g/mol. The topological polar surface area (TPSA) is 94.3 Å². The number of carbonyl (C=O) groups is 2. The maximum Gasteiger partial charge on any atom is 0.325 e. The largest absolute Gasteiger partial charge is 0.454 e. The van der Waals surface area contributed by atoms with Gasteiger partial charge in [-0.2, -0.15) is 4.98 Å². The SMILES string of the molecule is CC(C)c1ccc(-c2noc(COC(=O)CNC(=O)c3sc4ccccc4c3Cl)n2)cc1. The zero-order valence-corrected chi connectivity index (χ0v) is 19.0. The molecule has 0 saturated heterocycles. The smallest absolute Gasteiger partial charge is 0.325 e. The van der Waals surface area contributed by atoms with Gasteiger partial charge in [0.05, 0.1) is 5.02 Å². The van der Waals surface area contributed by atoms with Gasteiger partial charge in [-0.3, -0.25) is 9.59 Å². The van der Waals surface area contributed by atoms with Crippen LogP contribution < -0.4 is 5.32 Å². The summed E-state index contributed by atoms with van der Waals surface area (Å²) in [6.45, 7) is 3.75. The fraction of sp³-hybridized carbons (Fsp3) is 0.217. The normalized spacial score (nSPS) is 11.1. The summed E-state index contributed by atoms with van der Waals surface area (Å²) in [5.41, 5.74) is 2.02. The van der Waals surface area contributed by atoms with Gasteiger partial charge >= 0.3 is 5.97 Å². The fourth-order valence-corrected chi connectivity index (χ4v) is 4.47. The number of aromatic nitrogens is 2. The second-order valence-electron chi connectivity index (χ2n) is 7.37. The highest BCUT2D eigenvalue weighted by Crippen LogP contribution is 2.34. The first-order valence-electron chi connectivity index (χ1n) is 9.96. The lowest BCUT2D eigenvalue weighted by Gasteiger charge is -2.04. The summed E-state index contributed by atoms with van der Waals surface area (Å²) in [7, 11) is 0. The van der Waals surface area contributed by atoms with Gasteiger partial charge < -0.3 is 14.6 Å². The number of rotatable bonds is 7. The van der Waals surface area contributed by atoms with E-state index in [0.717, 1.165) is 15.6 Å². The van der Waals surface area contributed by atoms with Crippen molar-refractivity contribution in [2.75, 3.05) is 6.54 Å². The molecule has 0 aliphatic carbocycles. The maximum atomic E-state index is 12.4. The van der Waals surface area contributed by atoms with E-state index in [1.807, 2.05) is 48.5 Å². The van der Waals surface area contributed by atoms with Crippen LogP contribution >= 0.6 is 22.9 Å². The molecule has 2 aromatic heterocycles. The minimum Gasteiger partial charge on any atom is -0.454 e. The van der Waals surface area contributed by atoms with Gasteiger partial charge in [-0.15, -0.1) is 11.3 Å². The van der Waals surface area contributed by atoms with Crippen molar-refractivity contribution >= 4 is 44.9 Å². The third kappa shape index (κ3) is 4.81. The minimum atomic E-state index is -0.628. The molecule has 0 spiro atoms. The molecule has 4 rings (SSSR count). The molecule has 0 unspecified atom stereocenters. The Morgan fingerprint density at radius 2 is 1.91 bits per heavy atom. The molecule has 2 aromatic carbocycles. The predicted octanol–water partition coefficient (Wildman–Crippen LogP) is 5.20. The second-order valence-corrected chi connectivity index (χ2v) is 8.80. The molecule has 32 heavy (non-hydrogen) atoms. The average molecular weight is 470 g/mol. The molecule has 164 valence electrons. The highest BCUT2D eigenvalue weighted by molar-refractivity contribution is 7.21. The van der Waals surface area contributed by atoms with Crippen molar-refractivity contribution in [1.82, 2.24) is 15.5 Å². The van der Waals surface area contributed by atoms with Crippen molar-refractivity contribution in [1.29, 1.82) is 0 Å². The molecule has 9 heteroatoms. The number of thiophene rings is 1. The summed E-state index contributed by atoms with van der Waals surface area (Å²) in [5.74, 6) is -0.0476. The zero-order chi connectivity index (χ0) is 22.7. The van der Waals surface area contributed by atoms with Crippen LogP contribution in [0.25, 0.3) is 21.5 Å². The van der Waals surface area contributed by atoms with Crippen LogP contribution in [0.4, 0.5) is 0 Å². The molecule has 0 saturated carbocycles. The van der Waals surface area contributed by atoms with E-state index in [0.29, 0.717) is 21.6 Å². The van der Waals surface area contributed by atoms with Crippen LogP contribution in [0.5, 0.6) is 0 Å². The maximum absolute atomic E-state index is 12.4. The quantitative estimate of drug-likeness (QED) is 0.374. The molecular weight excluding hydrogens is 450 g/mol. The number of fused-ring (bicyclic) bond motifs is 1. The van der Waals surface area contributed by atoms with Crippen molar-refractivity contribution in [3.05, 3.63) is 69.9 Å². The number of nitrogens with one attached hydrogen (secondary N) is 1. The third-order valence-electron chi connectivity index (χ3n) is 4.79. The van der Waals surface area contributed by atoms with Crippen molar-refractivity contribution in [3.8, 4) is 11.4 Å². The van der Waals surface area contributed by atoms with E-state index in [1.54, 1.807) is 0 Å². The summed E-state index contributed by atoms with van der Waals surface area (Å²) in [5, 5.41) is 7.63. The van der Waals surface area contributed by atoms with Gasteiger partial charge in [0.25, 0.3) is 11.8 Å². The molecule has 4 aromatic rings. The summed E-state index contributed by atoms with van der Waals surface area (Å²) in [6.07, 6.45) is 0. The Morgan fingerprint density at radius 1 is 1.16 bits per heavy atom. The first-order chi connectivity index (χ1) is 15.4. The van der Waals surface area contributed by atoms with Crippen LogP contribution in [0.3, 0.4) is 0 Å². The number of halogens is 1. The first kappa shape index (κ1) is 22.0. The van der Waals surface area contributed by atoms with Crippen LogP contribution in [-0.4, -0.2) is 28.6 Å². The lowest BCUT2D eigenvalue weighted by molar-refractivity contribution is -0.144. The molecule has 0 bridgehead atoms. The molecule has 0 aliphatic rings. The summed E-state index contributed by atoms with van der Waals surface area (Å²) in [6, 6.07) is 15.3. The molecule has 0 aliphatic heterocycles. The Balaban J connectivity index is 1.29. The van der Waals surface area contributed by atoms with Gasteiger partial charge in [0, 0.05) is 15.6 Å². The summed E-state index contributed by atoms with van der Waals surface area (Å²) in [4.78, 5) is 29.0. The van der Waals surface area contributed by atoms with Crippen molar-refractivity contribution in [2.24, 2.45) is 0 Å². The molecule has 0 atom stereocenters. The molecule has 0 radical (unpaired) electrons. The Morgan fingerprint density at radius 3 is 2.62 bits per heavy atom. The van der Waals surface area contributed by atoms with E-state index < -0.39 is 11.9 Å². The van der Waals surface area contributed by atoms with E-state index >= 15 is 0 Å². The number of ether oxygens (including phenoxy) is 1. The van der Waals surface area contributed by atoms with Gasteiger partial charge in [-0.05, 0) is 17.5 Å². The number of hydrogen-bond donors (Lipinski definition) is 1. The van der Waals surface area contributed by atoms with Gasteiger partial charge in [0.2, 0.25) is 5.82 Å². The van der Waals surface area contributed by atoms with E-state index in [1.165, 1.54) is 16.9 Å².